The average molecular weight is 956 g/mol. The molecular formula is C58H50N3NaO7S. The zero-order chi connectivity index (χ0) is 48.1. The van der Waals surface area contributed by atoms with E-state index in [1.54, 1.807) is 35.4 Å². The molecule has 0 bridgehead atoms. The first-order chi connectivity index (χ1) is 33.6. The van der Waals surface area contributed by atoms with Crippen LogP contribution in [0.3, 0.4) is 0 Å². The van der Waals surface area contributed by atoms with Gasteiger partial charge in [0, 0.05) is 62.5 Å². The maximum absolute atomic E-state index is 12.4. The molecule has 0 aliphatic rings. The SMILES string of the molecule is CC#CC(CCn1c2cccc(-c3ccc(N(c4ccc(OC)cc4)c4ccc(OC)cc4)cc3)c2c2c(-c3ccc(N(c4ccc(OC)cc4)c4ccc(OC)cc4)cc3)cccc21)S(=O)(=O)[O-].[Na+]. The Morgan fingerprint density at radius 1 is 0.486 bits per heavy atom. The summed E-state index contributed by atoms with van der Waals surface area (Å²) in [5, 5.41) is 0.659. The molecule has 9 rings (SSSR count). The predicted molar refractivity (Wildman–Crippen MR) is 277 cm³/mol. The van der Waals surface area contributed by atoms with Gasteiger partial charge in [-0.2, -0.15) is 0 Å². The molecule has 0 radical (unpaired) electrons. The molecule has 0 aliphatic heterocycles. The van der Waals surface area contributed by atoms with E-state index in [9.17, 15) is 13.0 Å². The van der Waals surface area contributed by atoms with Gasteiger partial charge in [-0.25, -0.2) is 8.42 Å². The minimum atomic E-state index is -4.68. The van der Waals surface area contributed by atoms with Crippen LogP contribution in [0.5, 0.6) is 23.0 Å². The van der Waals surface area contributed by atoms with E-state index in [1.165, 1.54) is 0 Å². The van der Waals surface area contributed by atoms with Crippen molar-refractivity contribution in [2.75, 3.05) is 38.2 Å². The number of fused-ring (bicyclic) bond motifs is 3. The molecule has 1 atom stereocenters. The van der Waals surface area contributed by atoms with Crippen LogP contribution in [0.25, 0.3) is 44.1 Å². The van der Waals surface area contributed by atoms with E-state index in [-0.39, 0.29) is 42.5 Å². The van der Waals surface area contributed by atoms with Gasteiger partial charge in [0.2, 0.25) is 0 Å². The second-order valence-electron chi connectivity index (χ2n) is 16.3. The molecule has 0 aliphatic carbocycles. The predicted octanol–water partition coefficient (Wildman–Crippen LogP) is 10.4. The fourth-order valence-corrected chi connectivity index (χ4v) is 9.66. The standard InChI is InChI=1S/C58H51N3O7S.Na/c1-6-9-52(69(62,63)64)38-39-59-55-12-7-10-53(40-14-18-42(19-15-40)60(44-22-30-48(65-2)31-23-44)45-24-32-49(66-3)33-25-45)57(55)58-54(11-8-13-56(58)59)41-16-20-43(21-17-41)61(46-26-34-50(67-4)35-27-46)47-28-36-51(68-5)37-29-47;/h7-8,10-37,52H,38-39H2,1-5H3,(H,62,63,64);/q;+1/p-1. The molecule has 70 heavy (non-hydrogen) atoms. The molecule has 0 fully saturated rings. The van der Waals surface area contributed by atoms with E-state index >= 15 is 0 Å². The topological polar surface area (TPSA) is 106 Å². The van der Waals surface area contributed by atoms with Crippen LogP contribution in [0.15, 0.2) is 182 Å². The normalized spacial score (nSPS) is 11.5. The number of benzene rings is 8. The van der Waals surface area contributed by atoms with Crippen LogP contribution in [0, 0.1) is 11.8 Å². The summed E-state index contributed by atoms with van der Waals surface area (Å²) < 4.78 is 61.3. The van der Waals surface area contributed by atoms with Crippen molar-refractivity contribution in [3.8, 4) is 57.1 Å². The Kier molecular flexibility index (Phi) is 15.2. The molecular weight excluding hydrogens is 906 g/mol. The molecule has 346 valence electrons. The van der Waals surface area contributed by atoms with Crippen LogP contribution < -0.4 is 58.3 Å². The molecule has 0 saturated carbocycles. The molecule has 0 N–H and O–H groups in total. The number of nitrogens with zero attached hydrogens (tertiary/aromatic N) is 3. The number of hydrogen-bond donors (Lipinski definition) is 0. The summed E-state index contributed by atoms with van der Waals surface area (Å²) in [4.78, 5) is 4.36. The molecule has 12 heteroatoms. The van der Waals surface area contributed by atoms with Crippen LogP contribution in [0.2, 0.25) is 0 Å². The number of aryl methyl sites for hydroxylation is 1. The average Bonchev–Trinajstić information content (AvgIpc) is 3.72. The van der Waals surface area contributed by atoms with E-state index < -0.39 is 15.4 Å². The molecule has 0 saturated heterocycles. The Bertz CT molecular complexity index is 3110. The van der Waals surface area contributed by atoms with Gasteiger partial charge in [0.05, 0.1) is 28.4 Å². The first-order valence-electron chi connectivity index (χ1n) is 22.4. The van der Waals surface area contributed by atoms with Gasteiger partial charge in [-0.1, -0.05) is 54.5 Å². The van der Waals surface area contributed by atoms with E-state index in [0.717, 1.165) is 101 Å². The molecule has 1 heterocycles. The summed E-state index contributed by atoms with van der Waals surface area (Å²) in [6, 6.07) is 61.3. The molecule has 10 nitrogen and oxygen atoms in total. The largest absolute Gasteiger partial charge is 1.00 e. The first-order valence-corrected chi connectivity index (χ1v) is 23.9. The summed E-state index contributed by atoms with van der Waals surface area (Å²) in [6.45, 7) is 1.80. The Hall–Kier alpha value is -7.17. The molecule has 1 aromatic heterocycles. The van der Waals surface area contributed by atoms with Crippen molar-refractivity contribution in [2.45, 2.75) is 25.1 Å². The number of rotatable bonds is 16. The summed E-state index contributed by atoms with van der Waals surface area (Å²) in [7, 11) is 1.95. The van der Waals surface area contributed by atoms with Crippen LogP contribution in [0.4, 0.5) is 34.1 Å². The minimum Gasteiger partial charge on any atom is -0.747 e. The van der Waals surface area contributed by atoms with E-state index in [2.05, 4.69) is 99.0 Å². The first kappa shape index (κ1) is 49.3. The summed E-state index contributed by atoms with van der Waals surface area (Å²) in [5.41, 5.74) is 11.5. The van der Waals surface area contributed by atoms with Gasteiger partial charge in [-0.3, -0.25) is 0 Å². The number of anilines is 6. The summed E-state index contributed by atoms with van der Waals surface area (Å²) in [6.07, 6.45) is 0.0303. The summed E-state index contributed by atoms with van der Waals surface area (Å²) >= 11 is 0. The number of hydrogen-bond acceptors (Lipinski definition) is 9. The van der Waals surface area contributed by atoms with E-state index in [0.29, 0.717) is 0 Å². The molecule has 9 aromatic rings. The third-order valence-electron chi connectivity index (χ3n) is 12.4. The van der Waals surface area contributed by atoms with Gasteiger partial charge in [0.25, 0.3) is 0 Å². The second kappa shape index (κ2) is 21.6. The van der Waals surface area contributed by atoms with E-state index in [1.807, 2.05) is 109 Å². The number of aromatic nitrogens is 1. The van der Waals surface area contributed by atoms with Crippen molar-refractivity contribution in [1.29, 1.82) is 0 Å². The van der Waals surface area contributed by atoms with Gasteiger partial charge in [0.15, 0.2) is 0 Å². The van der Waals surface area contributed by atoms with Crippen LogP contribution in [-0.2, 0) is 16.7 Å². The van der Waals surface area contributed by atoms with Gasteiger partial charge in [0.1, 0.15) is 38.4 Å². The second-order valence-corrected chi connectivity index (χ2v) is 17.8. The fraction of sp³-hybridized carbons (Fsp3) is 0.138. The quantitative estimate of drug-likeness (QED) is 0.0532. The summed E-state index contributed by atoms with van der Waals surface area (Å²) in [5.74, 6) is 8.37. The molecule has 8 aromatic carbocycles. The third kappa shape index (κ3) is 10.1. The van der Waals surface area contributed by atoms with Crippen molar-refractivity contribution >= 4 is 66.0 Å². The van der Waals surface area contributed by atoms with Gasteiger partial charge < -0.3 is 37.9 Å². The monoisotopic (exact) mass is 955 g/mol. The Balaban J connectivity index is 0.00000659. The van der Waals surface area contributed by atoms with Crippen molar-refractivity contribution in [3.05, 3.63) is 182 Å². The Labute approximate surface area is 431 Å². The van der Waals surface area contributed by atoms with Crippen LogP contribution in [-0.4, -0.2) is 51.2 Å². The Morgan fingerprint density at radius 3 is 1.06 bits per heavy atom. The zero-order valence-electron chi connectivity index (χ0n) is 39.9. The molecule has 0 spiro atoms. The smallest absolute Gasteiger partial charge is 0.747 e. The van der Waals surface area contributed by atoms with Crippen molar-refractivity contribution < 1.29 is 61.5 Å². The van der Waals surface area contributed by atoms with Gasteiger partial charge in [-0.15, -0.1) is 5.92 Å². The van der Waals surface area contributed by atoms with Crippen molar-refractivity contribution in [2.24, 2.45) is 0 Å². The Morgan fingerprint density at radius 2 is 0.786 bits per heavy atom. The molecule has 1 unspecified atom stereocenters. The van der Waals surface area contributed by atoms with Gasteiger partial charge in [-0.05, 0) is 169 Å². The number of ether oxygens (including phenoxy) is 4. The maximum Gasteiger partial charge on any atom is 1.00 e. The third-order valence-corrected chi connectivity index (χ3v) is 13.4. The van der Waals surface area contributed by atoms with Crippen LogP contribution in [0.1, 0.15) is 13.3 Å². The van der Waals surface area contributed by atoms with Crippen molar-refractivity contribution in [3.63, 3.8) is 0 Å². The van der Waals surface area contributed by atoms with E-state index in [4.69, 9.17) is 18.9 Å². The molecule has 0 amide bonds. The van der Waals surface area contributed by atoms with Gasteiger partial charge >= 0.3 is 29.6 Å². The maximum atomic E-state index is 12.4. The van der Waals surface area contributed by atoms with Crippen LogP contribution >= 0.6 is 0 Å². The zero-order valence-corrected chi connectivity index (χ0v) is 42.7. The fourth-order valence-electron chi connectivity index (χ4n) is 9.00. The minimum absolute atomic E-state index is 0. The number of methoxy groups -OCH3 is 4. The van der Waals surface area contributed by atoms with Crippen molar-refractivity contribution in [1.82, 2.24) is 4.57 Å².